The minimum absolute atomic E-state index is 0.246. The average Bonchev–Trinajstić information content (AvgIpc) is 2.65. The molecule has 0 aromatic carbocycles. The van der Waals surface area contributed by atoms with Gasteiger partial charge in [0.05, 0.1) is 10.6 Å². The lowest BCUT2D eigenvalue weighted by Crippen LogP contribution is -2.32. The van der Waals surface area contributed by atoms with Crippen LogP contribution in [-0.2, 0) is 0 Å². The van der Waals surface area contributed by atoms with Crippen LogP contribution in [0.15, 0.2) is 16.7 Å². The molecule has 1 aromatic rings. The number of hydrogen-bond acceptors (Lipinski definition) is 3. The SMILES string of the molecule is Cc1cnc(N2CCC[C@@H]2C[C@@H](C)O)c(Br)c1. The van der Waals surface area contributed by atoms with Crippen LogP contribution in [0.4, 0.5) is 5.82 Å². The summed E-state index contributed by atoms with van der Waals surface area (Å²) in [6, 6.07) is 2.52. The molecule has 0 spiro atoms. The van der Waals surface area contributed by atoms with Crippen LogP contribution in [0, 0.1) is 6.92 Å². The highest BCUT2D eigenvalue weighted by Gasteiger charge is 2.27. The van der Waals surface area contributed by atoms with Crippen LogP contribution in [0.3, 0.4) is 0 Å². The Morgan fingerprint density at radius 1 is 1.65 bits per heavy atom. The Kier molecular flexibility index (Phi) is 4.05. The minimum atomic E-state index is -0.246. The largest absolute Gasteiger partial charge is 0.393 e. The van der Waals surface area contributed by atoms with E-state index in [1.54, 1.807) is 0 Å². The van der Waals surface area contributed by atoms with Gasteiger partial charge in [-0.2, -0.15) is 0 Å². The molecular weight excluding hydrogens is 280 g/mol. The van der Waals surface area contributed by atoms with Gasteiger partial charge in [-0.05, 0) is 60.7 Å². The van der Waals surface area contributed by atoms with Gasteiger partial charge in [0.15, 0.2) is 0 Å². The Bertz CT molecular complexity index is 395. The molecule has 0 radical (unpaired) electrons. The molecule has 2 atom stereocenters. The molecule has 1 N–H and O–H groups in total. The molecule has 2 heterocycles. The second-order valence-corrected chi connectivity index (χ2v) is 5.75. The molecule has 0 unspecified atom stereocenters. The van der Waals surface area contributed by atoms with Crippen molar-refractivity contribution in [3.8, 4) is 0 Å². The fraction of sp³-hybridized carbons (Fsp3) is 0.615. The summed E-state index contributed by atoms with van der Waals surface area (Å²) in [6.07, 6.45) is 4.80. The van der Waals surface area contributed by atoms with Gasteiger partial charge < -0.3 is 10.0 Å². The molecule has 0 saturated carbocycles. The standard InChI is InChI=1S/C13H19BrN2O/c1-9-6-12(14)13(15-8-9)16-5-3-4-11(16)7-10(2)17/h6,8,10-11,17H,3-5,7H2,1-2H3/t10-,11-/m1/s1. The molecule has 0 bridgehead atoms. The number of halogens is 1. The zero-order valence-corrected chi connectivity index (χ0v) is 11.9. The molecule has 4 heteroatoms. The first-order chi connectivity index (χ1) is 8.08. The van der Waals surface area contributed by atoms with Crippen LogP contribution in [0.2, 0.25) is 0 Å². The summed E-state index contributed by atoms with van der Waals surface area (Å²) in [5, 5.41) is 9.53. The lowest BCUT2D eigenvalue weighted by atomic mass is 10.1. The van der Waals surface area contributed by atoms with Crippen molar-refractivity contribution in [2.45, 2.75) is 45.3 Å². The van der Waals surface area contributed by atoms with E-state index in [9.17, 15) is 5.11 Å². The zero-order valence-electron chi connectivity index (χ0n) is 10.4. The lowest BCUT2D eigenvalue weighted by molar-refractivity contribution is 0.175. The van der Waals surface area contributed by atoms with Crippen molar-refractivity contribution < 1.29 is 5.11 Å². The van der Waals surface area contributed by atoms with Crippen LogP contribution >= 0.6 is 15.9 Å². The molecule has 17 heavy (non-hydrogen) atoms. The van der Waals surface area contributed by atoms with Gasteiger partial charge in [0.25, 0.3) is 0 Å². The van der Waals surface area contributed by atoms with Gasteiger partial charge in [-0.25, -0.2) is 4.98 Å². The van der Waals surface area contributed by atoms with Crippen LogP contribution in [0.1, 0.15) is 31.7 Å². The number of aryl methyl sites for hydroxylation is 1. The van der Waals surface area contributed by atoms with Crippen molar-refractivity contribution in [3.05, 3.63) is 22.3 Å². The highest BCUT2D eigenvalue weighted by atomic mass is 79.9. The predicted molar refractivity (Wildman–Crippen MR) is 73.3 cm³/mol. The number of anilines is 1. The molecule has 0 aliphatic carbocycles. The van der Waals surface area contributed by atoms with Crippen molar-refractivity contribution in [2.75, 3.05) is 11.4 Å². The van der Waals surface area contributed by atoms with Gasteiger partial charge in [-0.1, -0.05) is 0 Å². The first-order valence-corrected chi connectivity index (χ1v) is 6.94. The lowest BCUT2D eigenvalue weighted by Gasteiger charge is -2.27. The summed E-state index contributed by atoms with van der Waals surface area (Å²) in [5.74, 6) is 1.01. The van der Waals surface area contributed by atoms with E-state index in [1.165, 1.54) is 6.42 Å². The molecule has 2 rings (SSSR count). The number of aliphatic hydroxyl groups is 1. The second kappa shape index (κ2) is 5.36. The van der Waals surface area contributed by atoms with Gasteiger partial charge in [0.1, 0.15) is 5.82 Å². The molecule has 0 amide bonds. The van der Waals surface area contributed by atoms with Gasteiger partial charge in [0, 0.05) is 18.8 Å². The van der Waals surface area contributed by atoms with E-state index >= 15 is 0 Å². The van der Waals surface area contributed by atoms with Crippen LogP contribution in [0.5, 0.6) is 0 Å². The fourth-order valence-electron chi connectivity index (χ4n) is 2.49. The van der Waals surface area contributed by atoms with E-state index in [0.29, 0.717) is 6.04 Å². The summed E-state index contributed by atoms with van der Waals surface area (Å²) in [7, 11) is 0. The highest BCUT2D eigenvalue weighted by molar-refractivity contribution is 9.10. The van der Waals surface area contributed by atoms with Gasteiger partial charge >= 0.3 is 0 Å². The molecule has 1 aliphatic heterocycles. The number of nitrogens with zero attached hydrogens (tertiary/aromatic N) is 2. The third-order valence-electron chi connectivity index (χ3n) is 3.22. The average molecular weight is 299 g/mol. The van der Waals surface area contributed by atoms with Gasteiger partial charge in [0.2, 0.25) is 0 Å². The van der Waals surface area contributed by atoms with Crippen molar-refractivity contribution >= 4 is 21.7 Å². The summed E-state index contributed by atoms with van der Waals surface area (Å²) >= 11 is 3.58. The molecule has 3 nitrogen and oxygen atoms in total. The van der Waals surface area contributed by atoms with Crippen LogP contribution in [-0.4, -0.2) is 28.8 Å². The first-order valence-electron chi connectivity index (χ1n) is 6.15. The maximum Gasteiger partial charge on any atom is 0.143 e. The Balaban J connectivity index is 2.20. The Hall–Kier alpha value is -0.610. The monoisotopic (exact) mass is 298 g/mol. The van der Waals surface area contributed by atoms with Crippen molar-refractivity contribution in [3.63, 3.8) is 0 Å². The molecule has 1 aromatic heterocycles. The summed E-state index contributed by atoms with van der Waals surface area (Å²) in [4.78, 5) is 6.83. The quantitative estimate of drug-likeness (QED) is 0.932. The van der Waals surface area contributed by atoms with E-state index in [4.69, 9.17) is 0 Å². The number of pyridine rings is 1. The van der Waals surface area contributed by atoms with Crippen molar-refractivity contribution in [2.24, 2.45) is 0 Å². The summed E-state index contributed by atoms with van der Waals surface area (Å²) < 4.78 is 1.05. The maximum absolute atomic E-state index is 9.53. The minimum Gasteiger partial charge on any atom is -0.393 e. The van der Waals surface area contributed by atoms with Crippen molar-refractivity contribution in [1.29, 1.82) is 0 Å². The van der Waals surface area contributed by atoms with Crippen LogP contribution in [0.25, 0.3) is 0 Å². The van der Waals surface area contributed by atoms with Gasteiger partial charge in [-0.15, -0.1) is 0 Å². The Morgan fingerprint density at radius 3 is 3.06 bits per heavy atom. The third kappa shape index (κ3) is 2.99. The molecule has 1 saturated heterocycles. The van der Waals surface area contributed by atoms with E-state index < -0.39 is 0 Å². The topological polar surface area (TPSA) is 36.4 Å². The van der Waals surface area contributed by atoms with E-state index in [1.807, 2.05) is 20.0 Å². The van der Waals surface area contributed by atoms with Crippen molar-refractivity contribution in [1.82, 2.24) is 4.98 Å². The highest BCUT2D eigenvalue weighted by Crippen LogP contribution is 2.32. The maximum atomic E-state index is 9.53. The molecular formula is C13H19BrN2O. The third-order valence-corrected chi connectivity index (χ3v) is 3.80. The second-order valence-electron chi connectivity index (χ2n) is 4.89. The Labute approximate surface area is 111 Å². The van der Waals surface area contributed by atoms with E-state index in [0.717, 1.165) is 35.2 Å². The smallest absolute Gasteiger partial charge is 0.143 e. The molecule has 94 valence electrons. The van der Waals surface area contributed by atoms with Crippen LogP contribution < -0.4 is 4.90 Å². The summed E-state index contributed by atoms with van der Waals surface area (Å²) in [5.41, 5.74) is 1.16. The molecule has 1 aliphatic rings. The summed E-state index contributed by atoms with van der Waals surface area (Å²) in [6.45, 7) is 4.93. The number of rotatable bonds is 3. The van der Waals surface area contributed by atoms with Gasteiger partial charge in [-0.3, -0.25) is 0 Å². The van der Waals surface area contributed by atoms with E-state index in [-0.39, 0.29) is 6.10 Å². The first kappa shape index (κ1) is 12.8. The Morgan fingerprint density at radius 2 is 2.41 bits per heavy atom. The predicted octanol–water partition coefficient (Wildman–Crippen LogP) is 2.89. The fourth-order valence-corrected chi connectivity index (χ4v) is 3.18. The molecule has 1 fully saturated rings. The van der Waals surface area contributed by atoms with E-state index in [2.05, 4.69) is 31.9 Å². The number of aromatic nitrogens is 1. The normalized spacial score (nSPS) is 21.9. The number of hydrogen-bond donors (Lipinski definition) is 1. The number of aliphatic hydroxyl groups excluding tert-OH is 1. The zero-order chi connectivity index (χ0) is 12.4.